The van der Waals surface area contributed by atoms with E-state index < -0.39 is 11.7 Å². The molecule has 1 fully saturated rings. The van der Waals surface area contributed by atoms with E-state index in [2.05, 4.69) is 0 Å². The first-order valence-electron chi connectivity index (χ1n) is 5.53. The monoisotopic (exact) mass is 263 g/mol. The molecule has 0 saturated carbocycles. The Labute approximate surface area is 103 Å². The van der Waals surface area contributed by atoms with Gasteiger partial charge in [0.2, 0.25) is 0 Å². The van der Waals surface area contributed by atoms with Gasteiger partial charge in [0.15, 0.2) is 0 Å². The smallest absolute Gasteiger partial charge is 0.372 e. The van der Waals surface area contributed by atoms with E-state index in [1.165, 1.54) is 12.1 Å². The summed E-state index contributed by atoms with van der Waals surface area (Å²) in [5.41, 5.74) is 0.169. The van der Waals surface area contributed by atoms with Gasteiger partial charge in [-0.3, -0.25) is 0 Å². The molecule has 94 valence electrons. The zero-order chi connectivity index (χ0) is 12.5. The highest BCUT2D eigenvalue weighted by molar-refractivity contribution is 6.17. The van der Waals surface area contributed by atoms with Gasteiger partial charge in [0, 0.05) is 24.7 Å². The lowest BCUT2D eigenvalue weighted by molar-refractivity contribution is -0.138. The number of hydrogen-bond acceptors (Lipinski definition) is 1. The minimum Gasteiger partial charge on any atom is -0.372 e. The van der Waals surface area contributed by atoms with Gasteiger partial charge in [-0.15, -0.1) is 11.6 Å². The fourth-order valence-electron chi connectivity index (χ4n) is 2.12. The van der Waals surface area contributed by atoms with Crippen LogP contribution in [0, 0.1) is 0 Å². The lowest BCUT2D eigenvalue weighted by Gasteiger charge is -2.20. The molecular weight excluding hydrogens is 251 g/mol. The van der Waals surface area contributed by atoms with Crippen molar-refractivity contribution in [3.05, 3.63) is 29.3 Å². The molecule has 0 aromatic heterocycles. The van der Waals surface area contributed by atoms with Gasteiger partial charge in [-0.05, 0) is 30.5 Å². The van der Waals surface area contributed by atoms with Crippen molar-refractivity contribution in [2.45, 2.75) is 24.9 Å². The van der Waals surface area contributed by atoms with E-state index in [9.17, 15) is 13.2 Å². The van der Waals surface area contributed by atoms with Gasteiger partial charge < -0.3 is 4.90 Å². The van der Waals surface area contributed by atoms with Crippen molar-refractivity contribution in [2.24, 2.45) is 0 Å². The number of rotatable bonds is 2. The number of alkyl halides is 4. The van der Waals surface area contributed by atoms with Crippen molar-refractivity contribution in [1.29, 1.82) is 0 Å². The number of benzene rings is 1. The van der Waals surface area contributed by atoms with Crippen molar-refractivity contribution in [3.8, 4) is 0 Å². The van der Waals surface area contributed by atoms with Gasteiger partial charge in [0.25, 0.3) is 0 Å². The quantitative estimate of drug-likeness (QED) is 0.728. The standard InChI is InChI=1S/C12H13ClF3N/c13-8-9-3-4-10(17-5-1-2-6-17)7-11(9)12(14,15)16/h3-4,7H,1-2,5-6,8H2. The third kappa shape index (κ3) is 2.68. The Bertz CT molecular complexity index is 397. The molecule has 1 saturated heterocycles. The second-order valence-corrected chi connectivity index (χ2v) is 4.43. The van der Waals surface area contributed by atoms with E-state index in [1.807, 2.05) is 4.90 Å². The summed E-state index contributed by atoms with van der Waals surface area (Å²) in [5.74, 6) is -0.116. The Morgan fingerprint density at radius 3 is 2.35 bits per heavy atom. The van der Waals surface area contributed by atoms with Gasteiger partial charge >= 0.3 is 6.18 Å². The van der Waals surface area contributed by atoms with E-state index in [-0.39, 0.29) is 11.4 Å². The summed E-state index contributed by atoms with van der Waals surface area (Å²) in [6.07, 6.45) is -2.25. The van der Waals surface area contributed by atoms with Crippen LogP contribution < -0.4 is 4.90 Å². The molecule has 0 N–H and O–H groups in total. The highest BCUT2D eigenvalue weighted by atomic mass is 35.5. The number of nitrogens with zero attached hydrogens (tertiary/aromatic N) is 1. The Kier molecular flexibility index (Phi) is 3.52. The Hall–Kier alpha value is -0.900. The summed E-state index contributed by atoms with van der Waals surface area (Å²) >= 11 is 5.54. The summed E-state index contributed by atoms with van der Waals surface area (Å²) in [6, 6.07) is 4.41. The molecule has 0 bridgehead atoms. The first-order chi connectivity index (χ1) is 8.02. The second-order valence-electron chi connectivity index (χ2n) is 4.17. The van der Waals surface area contributed by atoms with Crippen molar-refractivity contribution in [2.75, 3.05) is 18.0 Å². The maximum absolute atomic E-state index is 12.8. The fraction of sp³-hybridized carbons (Fsp3) is 0.500. The van der Waals surface area contributed by atoms with E-state index >= 15 is 0 Å². The highest BCUT2D eigenvalue weighted by Gasteiger charge is 2.33. The van der Waals surface area contributed by atoms with Crippen LogP contribution in [0.5, 0.6) is 0 Å². The summed E-state index contributed by atoms with van der Waals surface area (Å²) in [7, 11) is 0. The number of hydrogen-bond donors (Lipinski definition) is 0. The van der Waals surface area contributed by atoms with Crippen LogP contribution in [0.25, 0.3) is 0 Å². The summed E-state index contributed by atoms with van der Waals surface area (Å²) in [5, 5.41) is 0. The number of anilines is 1. The molecule has 1 aliphatic heterocycles. The molecule has 0 aliphatic carbocycles. The van der Waals surface area contributed by atoms with E-state index in [0.717, 1.165) is 25.9 Å². The van der Waals surface area contributed by atoms with Crippen LogP contribution >= 0.6 is 11.6 Å². The molecular formula is C12H13ClF3N. The normalized spacial score (nSPS) is 16.6. The average molecular weight is 264 g/mol. The predicted molar refractivity (Wildman–Crippen MR) is 62.4 cm³/mol. The van der Waals surface area contributed by atoms with Crippen LogP contribution in [-0.2, 0) is 12.1 Å². The summed E-state index contributed by atoms with van der Waals surface area (Å²) in [6.45, 7) is 1.66. The van der Waals surface area contributed by atoms with Gasteiger partial charge in [-0.2, -0.15) is 13.2 Å². The van der Waals surface area contributed by atoms with Gasteiger partial charge in [0.1, 0.15) is 0 Å². The topological polar surface area (TPSA) is 3.24 Å². The molecule has 17 heavy (non-hydrogen) atoms. The van der Waals surface area contributed by atoms with Crippen LogP contribution in [-0.4, -0.2) is 13.1 Å². The Balaban J connectivity index is 2.37. The van der Waals surface area contributed by atoms with Crippen LogP contribution in [0.1, 0.15) is 24.0 Å². The molecule has 1 heterocycles. The van der Waals surface area contributed by atoms with Crippen LogP contribution in [0.2, 0.25) is 0 Å². The summed E-state index contributed by atoms with van der Waals surface area (Å²) in [4.78, 5) is 1.98. The number of halogens is 4. The molecule has 1 aromatic carbocycles. The molecule has 0 radical (unpaired) electrons. The van der Waals surface area contributed by atoms with E-state index in [1.54, 1.807) is 6.07 Å². The Morgan fingerprint density at radius 2 is 1.82 bits per heavy atom. The first kappa shape index (κ1) is 12.6. The van der Waals surface area contributed by atoms with Crippen LogP contribution in [0.3, 0.4) is 0 Å². The lowest BCUT2D eigenvalue weighted by atomic mass is 10.1. The predicted octanol–water partition coefficient (Wildman–Crippen LogP) is 4.04. The van der Waals surface area contributed by atoms with Crippen molar-refractivity contribution >= 4 is 17.3 Å². The van der Waals surface area contributed by atoms with Gasteiger partial charge in [-0.25, -0.2) is 0 Å². The molecule has 1 aromatic rings. The Morgan fingerprint density at radius 1 is 1.18 bits per heavy atom. The SMILES string of the molecule is FC(F)(F)c1cc(N2CCCC2)ccc1CCl. The average Bonchev–Trinajstić information content (AvgIpc) is 2.80. The van der Waals surface area contributed by atoms with Crippen LogP contribution in [0.15, 0.2) is 18.2 Å². The van der Waals surface area contributed by atoms with Gasteiger partial charge in [-0.1, -0.05) is 6.07 Å². The zero-order valence-corrected chi connectivity index (χ0v) is 9.98. The molecule has 0 spiro atoms. The minimum atomic E-state index is -4.33. The zero-order valence-electron chi connectivity index (χ0n) is 9.23. The first-order valence-corrected chi connectivity index (χ1v) is 6.07. The second kappa shape index (κ2) is 4.77. The maximum Gasteiger partial charge on any atom is 0.416 e. The highest BCUT2D eigenvalue weighted by Crippen LogP contribution is 2.35. The lowest BCUT2D eigenvalue weighted by Crippen LogP contribution is -2.19. The minimum absolute atomic E-state index is 0.116. The third-order valence-electron chi connectivity index (χ3n) is 3.01. The molecule has 5 heteroatoms. The maximum atomic E-state index is 12.8. The molecule has 0 amide bonds. The largest absolute Gasteiger partial charge is 0.416 e. The molecule has 2 rings (SSSR count). The van der Waals surface area contributed by atoms with E-state index in [0.29, 0.717) is 5.69 Å². The van der Waals surface area contributed by atoms with Crippen molar-refractivity contribution < 1.29 is 13.2 Å². The molecule has 0 unspecified atom stereocenters. The van der Waals surface area contributed by atoms with Crippen LogP contribution in [0.4, 0.5) is 18.9 Å². The fourth-order valence-corrected chi connectivity index (χ4v) is 2.35. The molecule has 0 atom stereocenters. The van der Waals surface area contributed by atoms with Crippen molar-refractivity contribution in [1.82, 2.24) is 0 Å². The molecule has 1 nitrogen and oxygen atoms in total. The summed E-state index contributed by atoms with van der Waals surface area (Å²) < 4.78 is 38.5. The van der Waals surface area contributed by atoms with Crippen molar-refractivity contribution in [3.63, 3.8) is 0 Å². The third-order valence-corrected chi connectivity index (χ3v) is 3.30. The molecule has 1 aliphatic rings. The van der Waals surface area contributed by atoms with Gasteiger partial charge in [0.05, 0.1) is 5.56 Å². The van der Waals surface area contributed by atoms with E-state index in [4.69, 9.17) is 11.6 Å².